The van der Waals surface area contributed by atoms with E-state index in [0.29, 0.717) is 35.2 Å². The lowest BCUT2D eigenvalue weighted by atomic mass is 9.71. The Labute approximate surface area is 184 Å². The molecule has 3 saturated heterocycles. The molecule has 0 radical (unpaired) electrons. The Bertz CT molecular complexity index is 932. The summed E-state index contributed by atoms with van der Waals surface area (Å²) in [6.45, 7) is 2.83. The Morgan fingerprint density at radius 1 is 1.10 bits per heavy atom. The molecule has 0 saturated carbocycles. The summed E-state index contributed by atoms with van der Waals surface area (Å²) in [5, 5.41) is 9.91. The van der Waals surface area contributed by atoms with Crippen LogP contribution in [0.3, 0.4) is 0 Å². The highest BCUT2D eigenvalue weighted by Crippen LogP contribution is 2.42. The van der Waals surface area contributed by atoms with Crippen LogP contribution < -0.4 is 4.74 Å². The number of ether oxygens (including phenoxy) is 1. The summed E-state index contributed by atoms with van der Waals surface area (Å²) in [6, 6.07) is 16.8. The molecular formula is C26H32N2O3. The summed E-state index contributed by atoms with van der Waals surface area (Å²) in [4.78, 5) is 18.3. The van der Waals surface area contributed by atoms with Crippen molar-refractivity contribution in [2.75, 3.05) is 26.7 Å². The molecule has 3 aliphatic rings. The van der Waals surface area contributed by atoms with E-state index in [-0.39, 0.29) is 11.7 Å². The summed E-state index contributed by atoms with van der Waals surface area (Å²) in [5.41, 5.74) is 1.98. The molecule has 0 spiro atoms. The van der Waals surface area contributed by atoms with Gasteiger partial charge in [-0.3, -0.25) is 9.69 Å². The zero-order valence-corrected chi connectivity index (χ0v) is 18.2. The predicted octanol–water partition coefficient (Wildman–Crippen LogP) is 3.96. The number of phenolic OH excluding ortho intramolecular Hbond substituents is 1. The maximum atomic E-state index is 13.4. The molecule has 2 bridgehead atoms. The molecule has 31 heavy (non-hydrogen) atoms. The van der Waals surface area contributed by atoms with E-state index in [0.717, 1.165) is 19.5 Å². The number of rotatable bonds is 4. The van der Waals surface area contributed by atoms with Crippen LogP contribution in [0.25, 0.3) is 0 Å². The van der Waals surface area contributed by atoms with E-state index < -0.39 is 0 Å². The first kappa shape index (κ1) is 20.4. The summed E-state index contributed by atoms with van der Waals surface area (Å²) < 4.78 is 5.22. The van der Waals surface area contributed by atoms with Gasteiger partial charge in [-0.15, -0.1) is 0 Å². The normalized spacial score (nSPS) is 28.1. The minimum Gasteiger partial charge on any atom is -0.504 e. The van der Waals surface area contributed by atoms with Gasteiger partial charge in [-0.05, 0) is 67.8 Å². The third-order valence-corrected chi connectivity index (χ3v) is 7.62. The fraction of sp³-hybridized carbons (Fsp3) is 0.500. The number of carbonyl (C=O) groups is 1. The van der Waals surface area contributed by atoms with Gasteiger partial charge in [0.1, 0.15) is 0 Å². The average Bonchev–Trinajstić information content (AvgIpc) is 2.82. The molecule has 0 aromatic heterocycles. The minimum absolute atomic E-state index is 0.0516. The Morgan fingerprint density at radius 2 is 1.90 bits per heavy atom. The van der Waals surface area contributed by atoms with Crippen molar-refractivity contribution in [2.45, 2.75) is 44.2 Å². The van der Waals surface area contributed by atoms with Crippen molar-refractivity contribution in [3.05, 3.63) is 59.7 Å². The van der Waals surface area contributed by atoms with Gasteiger partial charge in [0.05, 0.1) is 7.11 Å². The Morgan fingerprint density at radius 3 is 2.71 bits per heavy atom. The zero-order chi connectivity index (χ0) is 21.4. The average molecular weight is 421 g/mol. The second-order valence-electron chi connectivity index (χ2n) is 9.41. The number of carbonyl (C=O) groups excluding carboxylic acids is 1. The third-order valence-electron chi connectivity index (χ3n) is 7.62. The Kier molecular flexibility index (Phi) is 5.61. The first-order valence-electron chi connectivity index (χ1n) is 11.6. The second-order valence-corrected chi connectivity index (χ2v) is 9.41. The molecule has 3 aliphatic heterocycles. The monoisotopic (exact) mass is 420 g/mol. The van der Waals surface area contributed by atoms with Crippen molar-refractivity contribution in [3.8, 4) is 11.5 Å². The van der Waals surface area contributed by atoms with Crippen LogP contribution in [0.2, 0.25) is 0 Å². The van der Waals surface area contributed by atoms with Crippen molar-refractivity contribution >= 4 is 5.91 Å². The molecule has 2 aromatic rings. The number of aromatic hydroxyl groups is 1. The summed E-state index contributed by atoms with van der Waals surface area (Å²) >= 11 is 0. The van der Waals surface area contributed by atoms with E-state index in [9.17, 15) is 9.90 Å². The van der Waals surface area contributed by atoms with Crippen molar-refractivity contribution in [2.24, 2.45) is 11.8 Å². The lowest BCUT2D eigenvalue weighted by Gasteiger charge is -2.57. The van der Waals surface area contributed by atoms with Crippen LogP contribution in [-0.4, -0.2) is 59.6 Å². The van der Waals surface area contributed by atoms with Gasteiger partial charge < -0.3 is 14.7 Å². The van der Waals surface area contributed by atoms with Gasteiger partial charge >= 0.3 is 0 Å². The molecule has 5 rings (SSSR count). The van der Waals surface area contributed by atoms with Crippen LogP contribution in [0.1, 0.15) is 41.6 Å². The number of benzene rings is 2. The number of methoxy groups -OCH3 is 1. The number of likely N-dealkylation sites (tertiary alicyclic amines) is 1. The summed E-state index contributed by atoms with van der Waals surface area (Å²) in [7, 11) is 1.51. The summed E-state index contributed by atoms with van der Waals surface area (Å²) in [5.74, 6) is 1.51. The van der Waals surface area contributed by atoms with Crippen molar-refractivity contribution in [1.82, 2.24) is 9.80 Å². The van der Waals surface area contributed by atoms with Crippen LogP contribution in [0.4, 0.5) is 0 Å². The van der Waals surface area contributed by atoms with Crippen molar-refractivity contribution in [3.63, 3.8) is 0 Å². The molecule has 164 valence electrons. The maximum Gasteiger partial charge on any atom is 0.254 e. The van der Waals surface area contributed by atoms with Crippen molar-refractivity contribution < 1.29 is 14.6 Å². The number of phenols is 1. The van der Waals surface area contributed by atoms with Gasteiger partial charge in [0, 0.05) is 30.7 Å². The highest BCUT2D eigenvalue weighted by molar-refractivity contribution is 5.95. The molecule has 4 atom stereocenters. The third kappa shape index (κ3) is 3.91. The molecule has 1 N–H and O–H groups in total. The quantitative estimate of drug-likeness (QED) is 0.814. The van der Waals surface area contributed by atoms with E-state index in [1.54, 1.807) is 18.2 Å². The van der Waals surface area contributed by atoms with Gasteiger partial charge in [0.15, 0.2) is 11.5 Å². The summed E-state index contributed by atoms with van der Waals surface area (Å²) in [6.07, 6.45) is 6.11. The van der Waals surface area contributed by atoms with E-state index in [2.05, 4.69) is 40.1 Å². The molecule has 2 aromatic carbocycles. The number of hydrogen-bond acceptors (Lipinski definition) is 4. The first-order valence-corrected chi connectivity index (χ1v) is 11.6. The fourth-order valence-corrected chi connectivity index (χ4v) is 6.20. The Hall–Kier alpha value is -2.53. The van der Waals surface area contributed by atoms with E-state index in [1.165, 1.54) is 44.9 Å². The largest absolute Gasteiger partial charge is 0.504 e. The predicted molar refractivity (Wildman–Crippen MR) is 120 cm³/mol. The first-order chi connectivity index (χ1) is 15.1. The lowest BCUT2D eigenvalue weighted by molar-refractivity contribution is -0.0642. The fourth-order valence-electron chi connectivity index (χ4n) is 6.20. The second kappa shape index (κ2) is 8.54. The number of piperidine rings is 3. The van der Waals surface area contributed by atoms with Gasteiger partial charge in [-0.2, -0.15) is 0 Å². The van der Waals surface area contributed by atoms with Crippen molar-refractivity contribution in [1.29, 1.82) is 0 Å². The van der Waals surface area contributed by atoms with Crippen LogP contribution in [0, 0.1) is 11.8 Å². The standard InChI is InChI=1S/C26H32N2O3/c1-31-25-15-19(10-11-24(25)29)26(30)27-16-20-14-21(17-27)23(13-18-7-3-2-4-8-18)28-12-6-5-9-22(20)28/h2-4,7-8,10-11,15,20-23,29H,5-6,9,12-14,16-17H2,1H3/t20-,21+,22+,23+/m1/s1. The number of amides is 1. The topological polar surface area (TPSA) is 53.0 Å². The number of nitrogens with zero attached hydrogens (tertiary/aromatic N) is 2. The molecule has 1 amide bonds. The van der Waals surface area contributed by atoms with Crippen LogP contribution in [0.15, 0.2) is 48.5 Å². The number of hydrogen-bond donors (Lipinski definition) is 1. The van der Waals surface area contributed by atoms with Gasteiger partial charge in [0.25, 0.3) is 5.91 Å². The molecular weight excluding hydrogens is 388 g/mol. The SMILES string of the molecule is COc1cc(C(=O)N2C[C@H]3C[C@@H](C2)[C@H](Cc2ccccc2)N2CCCC[C@@H]32)ccc1O. The minimum atomic E-state index is 0.0516. The maximum absolute atomic E-state index is 13.4. The van der Waals surface area contributed by atoms with Crippen LogP contribution in [-0.2, 0) is 6.42 Å². The zero-order valence-electron chi connectivity index (χ0n) is 18.2. The van der Waals surface area contributed by atoms with Crippen LogP contribution in [0.5, 0.6) is 11.5 Å². The smallest absolute Gasteiger partial charge is 0.254 e. The van der Waals surface area contributed by atoms with Gasteiger partial charge in [-0.25, -0.2) is 0 Å². The molecule has 5 nitrogen and oxygen atoms in total. The molecule has 5 heteroatoms. The highest BCUT2D eigenvalue weighted by Gasteiger charge is 2.47. The highest BCUT2D eigenvalue weighted by atomic mass is 16.5. The Balaban J connectivity index is 1.40. The molecule has 0 aliphatic carbocycles. The lowest BCUT2D eigenvalue weighted by Crippen LogP contribution is -2.64. The van der Waals surface area contributed by atoms with E-state index in [4.69, 9.17) is 4.74 Å². The molecule has 0 unspecified atom stereocenters. The van der Waals surface area contributed by atoms with E-state index >= 15 is 0 Å². The van der Waals surface area contributed by atoms with Gasteiger partial charge in [-0.1, -0.05) is 36.8 Å². The molecule has 3 fully saturated rings. The van der Waals surface area contributed by atoms with Crippen LogP contribution >= 0.6 is 0 Å². The van der Waals surface area contributed by atoms with E-state index in [1.807, 2.05) is 0 Å². The number of fused-ring (bicyclic) bond motifs is 4. The van der Waals surface area contributed by atoms with Gasteiger partial charge in [0.2, 0.25) is 0 Å². The molecule has 3 heterocycles.